The molecule has 1 unspecified atom stereocenters. The number of Topliss-reactive ketones (excluding diaryl/α,β-unsaturated/α-hetero) is 1. The Morgan fingerprint density at radius 1 is 1.42 bits per heavy atom. The summed E-state index contributed by atoms with van der Waals surface area (Å²) in [5.41, 5.74) is 1.34. The molecule has 1 atom stereocenters. The van der Waals surface area contributed by atoms with Crippen LogP contribution in [-0.2, 0) is 4.79 Å². The van der Waals surface area contributed by atoms with Gasteiger partial charge in [0.05, 0.1) is 0 Å². The molecule has 0 aromatic heterocycles. The van der Waals surface area contributed by atoms with Crippen molar-refractivity contribution in [1.29, 1.82) is 0 Å². The smallest absolute Gasteiger partial charge is 0.132 e. The summed E-state index contributed by atoms with van der Waals surface area (Å²) in [6, 6.07) is 0. The van der Waals surface area contributed by atoms with Gasteiger partial charge in [0.2, 0.25) is 0 Å². The van der Waals surface area contributed by atoms with Gasteiger partial charge in [-0.05, 0) is 26.2 Å². The Kier molecular flexibility index (Phi) is 5.69. The van der Waals surface area contributed by atoms with Crippen molar-refractivity contribution in [2.24, 2.45) is 5.92 Å². The maximum Gasteiger partial charge on any atom is 0.132 e. The van der Waals surface area contributed by atoms with Crippen LogP contribution in [0.2, 0.25) is 0 Å². The molecule has 1 nitrogen and oxygen atoms in total. The summed E-state index contributed by atoms with van der Waals surface area (Å²) >= 11 is 0. The van der Waals surface area contributed by atoms with Gasteiger partial charge < -0.3 is 0 Å². The van der Waals surface area contributed by atoms with Gasteiger partial charge in [0, 0.05) is 12.8 Å². The van der Waals surface area contributed by atoms with Gasteiger partial charge in [-0.25, -0.2) is 0 Å². The van der Waals surface area contributed by atoms with E-state index in [0.29, 0.717) is 18.1 Å². The van der Waals surface area contributed by atoms with Crippen LogP contribution in [0.25, 0.3) is 0 Å². The normalized spacial score (nSPS) is 12.3. The van der Waals surface area contributed by atoms with Crippen LogP contribution < -0.4 is 0 Å². The molecule has 0 bridgehead atoms. The first-order valence-electron chi connectivity index (χ1n) is 4.71. The summed E-state index contributed by atoms with van der Waals surface area (Å²) in [7, 11) is 0. The van der Waals surface area contributed by atoms with Gasteiger partial charge in [0.25, 0.3) is 0 Å². The number of rotatable bonds is 5. The number of ketones is 1. The zero-order chi connectivity index (χ0) is 9.56. The molecule has 0 spiro atoms. The van der Waals surface area contributed by atoms with Gasteiger partial charge in [-0.2, -0.15) is 0 Å². The molecule has 0 aliphatic rings. The Labute approximate surface area is 75.9 Å². The summed E-state index contributed by atoms with van der Waals surface area (Å²) in [6.07, 6.45) is 4.65. The highest BCUT2D eigenvalue weighted by atomic mass is 16.1. The summed E-state index contributed by atoms with van der Waals surface area (Å²) in [5.74, 6) is 0.886. The molecular formula is C11H20O. The van der Waals surface area contributed by atoms with Gasteiger partial charge >= 0.3 is 0 Å². The lowest BCUT2D eigenvalue weighted by atomic mass is 9.99. The number of carbonyl (C=O) groups is 1. The van der Waals surface area contributed by atoms with E-state index in [1.54, 1.807) is 0 Å². The molecule has 0 saturated carbocycles. The van der Waals surface area contributed by atoms with E-state index < -0.39 is 0 Å². The van der Waals surface area contributed by atoms with Gasteiger partial charge in [-0.1, -0.05) is 25.5 Å². The first-order chi connectivity index (χ1) is 5.56. The van der Waals surface area contributed by atoms with Crippen LogP contribution >= 0.6 is 0 Å². The van der Waals surface area contributed by atoms with Gasteiger partial charge in [0.15, 0.2) is 0 Å². The van der Waals surface area contributed by atoms with Gasteiger partial charge in [-0.15, -0.1) is 0 Å². The van der Waals surface area contributed by atoms with E-state index in [1.807, 2.05) is 6.92 Å². The largest absolute Gasteiger partial charge is 0.300 e. The van der Waals surface area contributed by atoms with Crippen LogP contribution in [0.3, 0.4) is 0 Å². The van der Waals surface area contributed by atoms with E-state index >= 15 is 0 Å². The fraction of sp³-hybridized carbons (Fsp3) is 0.727. The van der Waals surface area contributed by atoms with Crippen LogP contribution in [0.15, 0.2) is 11.6 Å². The Morgan fingerprint density at radius 2 is 2.00 bits per heavy atom. The third kappa shape index (κ3) is 6.14. The third-order valence-electron chi connectivity index (χ3n) is 1.90. The second-order valence-corrected chi connectivity index (χ2v) is 3.72. The zero-order valence-electron chi connectivity index (χ0n) is 8.68. The lowest BCUT2D eigenvalue weighted by molar-refractivity contribution is -0.119. The van der Waals surface area contributed by atoms with E-state index in [1.165, 1.54) is 5.57 Å². The quantitative estimate of drug-likeness (QED) is 0.575. The first kappa shape index (κ1) is 11.4. The highest BCUT2D eigenvalue weighted by Gasteiger charge is 2.05. The lowest BCUT2D eigenvalue weighted by Gasteiger charge is -2.06. The molecular weight excluding hydrogens is 148 g/mol. The molecule has 0 radical (unpaired) electrons. The minimum atomic E-state index is 0.379. The van der Waals surface area contributed by atoms with E-state index in [9.17, 15) is 4.79 Å². The number of carbonyl (C=O) groups excluding carboxylic acids is 1. The van der Waals surface area contributed by atoms with Gasteiger partial charge in [-0.3, -0.25) is 4.79 Å². The van der Waals surface area contributed by atoms with E-state index in [-0.39, 0.29) is 0 Å². The summed E-state index contributed by atoms with van der Waals surface area (Å²) < 4.78 is 0. The van der Waals surface area contributed by atoms with E-state index in [0.717, 1.165) is 12.8 Å². The molecule has 1 heteroatoms. The Hall–Kier alpha value is -0.590. The Morgan fingerprint density at radius 3 is 2.42 bits per heavy atom. The standard InChI is InChI=1S/C11H20O/c1-5-11(12)8-10(4)7-6-9(2)3/h6,10H,5,7-8H2,1-4H3. The fourth-order valence-corrected chi connectivity index (χ4v) is 1.05. The highest BCUT2D eigenvalue weighted by Crippen LogP contribution is 2.11. The van der Waals surface area contributed by atoms with Crippen LogP contribution in [0.4, 0.5) is 0 Å². The molecule has 0 fully saturated rings. The summed E-state index contributed by atoms with van der Waals surface area (Å²) in [5, 5.41) is 0. The van der Waals surface area contributed by atoms with Crippen molar-refractivity contribution in [2.75, 3.05) is 0 Å². The maximum atomic E-state index is 11.0. The summed E-state index contributed by atoms with van der Waals surface area (Å²) in [6.45, 7) is 8.24. The maximum absolute atomic E-state index is 11.0. The van der Waals surface area contributed by atoms with Crippen molar-refractivity contribution in [3.05, 3.63) is 11.6 Å². The molecule has 0 amide bonds. The van der Waals surface area contributed by atoms with Crippen LogP contribution in [-0.4, -0.2) is 5.78 Å². The number of hydrogen-bond donors (Lipinski definition) is 0. The predicted octanol–water partition coefficient (Wildman–Crippen LogP) is 3.35. The summed E-state index contributed by atoms with van der Waals surface area (Å²) in [4.78, 5) is 11.0. The van der Waals surface area contributed by atoms with E-state index in [4.69, 9.17) is 0 Å². The van der Waals surface area contributed by atoms with Crippen LogP contribution in [0.5, 0.6) is 0 Å². The third-order valence-corrected chi connectivity index (χ3v) is 1.90. The van der Waals surface area contributed by atoms with Crippen LogP contribution in [0, 0.1) is 5.92 Å². The number of hydrogen-bond acceptors (Lipinski definition) is 1. The van der Waals surface area contributed by atoms with Crippen molar-refractivity contribution in [1.82, 2.24) is 0 Å². The zero-order valence-corrected chi connectivity index (χ0v) is 8.68. The topological polar surface area (TPSA) is 17.1 Å². The van der Waals surface area contributed by atoms with Crippen LogP contribution in [0.1, 0.15) is 47.0 Å². The minimum Gasteiger partial charge on any atom is -0.300 e. The monoisotopic (exact) mass is 168 g/mol. The molecule has 0 aromatic carbocycles. The van der Waals surface area contributed by atoms with Crippen molar-refractivity contribution >= 4 is 5.78 Å². The molecule has 0 N–H and O–H groups in total. The van der Waals surface area contributed by atoms with Crippen molar-refractivity contribution < 1.29 is 4.79 Å². The second kappa shape index (κ2) is 5.99. The van der Waals surface area contributed by atoms with Gasteiger partial charge in [0.1, 0.15) is 5.78 Å². The van der Waals surface area contributed by atoms with Crippen molar-refractivity contribution in [3.63, 3.8) is 0 Å². The first-order valence-corrected chi connectivity index (χ1v) is 4.71. The van der Waals surface area contributed by atoms with Crippen molar-refractivity contribution in [2.45, 2.75) is 47.0 Å². The predicted molar refractivity (Wildman–Crippen MR) is 53.1 cm³/mol. The van der Waals surface area contributed by atoms with E-state index in [2.05, 4.69) is 26.8 Å². The molecule has 0 aromatic rings. The minimum absolute atomic E-state index is 0.379. The highest BCUT2D eigenvalue weighted by molar-refractivity contribution is 5.78. The average Bonchev–Trinajstić information content (AvgIpc) is 2.00. The molecule has 0 heterocycles. The Bertz CT molecular complexity index is 164. The van der Waals surface area contributed by atoms with Crippen molar-refractivity contribution in [3.8, 4) is 0 Å². The Balaban J connectivity index is 3.67. The lowest BCUT2D eigenvalue weighted by Crippen LogP contribution is -2.03. The fourth-order valence-electron chi connectivity index (χ4n) is 1.05. The number of allylic oxidation sites excluding steroid dienone is 2. The average molecular weight is 168 g/mol. The molecule has 0 aliphatic heterocycles. The molecule has 0 aliphatic carbocycles. The molecule has 0 rings (SSSR count). The molecule has 70 valence electrons. The second-order valence-electron chi connectivity index (χ2n) is 3.72. The molecule has 12 heavy (non-hydrogen) atoms. The SMILES string of the molecule is CCC(=O)CC(C)CC=C(C)C. The molecule has 0 saturated heterocycles.